The molecule has 0 unspecified atom stereocenters. The zero-order valence-corrected chi connectivity index (χ0v) is 19.8. The van der Waals surface area contributed by atoms with Crippen LogP contribution >= 0.6 is 0 Å². The highest BCUT2D eigenvalue weighted by atomic mass is 32.2. The number of aromatic nitrogens is 4. The number of nitrogens with zero attached hydrogens (tertiary/aromatic N) is 7. The lowest BCUT2D eigenvalue weighted by Crippen LogP contribution is -2.70. The number of morpholine rings is 1. The maximum atomic E-state index is 12.2. The molecule has 1 atom stereocenters. The molecule has 5 heterocycles. The summed E-state index contributed by atoms with van der Waals surface area (Å²) >= 11 is 0. The van der Waals surface area contributed by atoms with Crippen molar-refractivity contribution in [3.8, 4) is 11.3 Å². The van der Waals surface area contributed by atoms with Gasteiger partial charge in [-0.2, -0.15) is 17.7 Å². The van der Waals surface area contributed by atoms with Crippen LogP contribution in [0.15, 0.2) is 12.4 Å². The fourth-order valence-corrected chi connectivity index (χ4v) is 5.96. The van der Waals surface area contributed by atoms with Gasteiger partial charge in [-0.25, -0.2) is 19.7 Å². The summed E-state index contributed by atoms with van der Waals surface area (Å²) in [6, 6.07) is 0.137. The van der Waals surface area contributed by atoms with Gasteiger partial charge in [0.15, 0.2) is 0 Å². The molecular formula is C20H29N9O3S. The maximum Gasteiger partial charge on any atom is 0.279 e. The Hall–Kier alpha value is -2.61. The quantitative estimate of drug-likeness (QED) is 0.588. The van der Waals surface area contributed by atoms with Crippen LogP contribution < -0.4 is 20.3 Å². The smallest absolute Gasteiger partial charge is 0.279 e. The number of nitrogens with two attached hydrogens (primary N) is 1. The SMILES string of the molecule is CNS(=O)(=O)N1CC(C)(N2CCc3c(-c4cnc(N)nc4)nc(N4CCOC[C@@H]4C)nc32)C1. The van der Waals surface area contributed by atoms with Gasteiger partial charge in [-0.05, 0) is 20.3 Å². The monoisotopic (exact) mass is 475 g/mol. The van der Waals surface area contributed by atoms with Crippen molar-refractivity contribution in [3.63, 3.8) is 0 Å². The van der Waals surface area contributed by atoms with E-state index < -0.39 is 10.2 Å². The zero-order valence-electron chi connectivity index (χ0n) is 19.0. The fourth-order valence-electron chi connectivity index (χ4n) is 4.80. The van der Waals surface area contributed by atoms with Crippen LogP contribution in [-0.2, 0) is 21.4 Å². The third-order valence-corrected chi connectivity index (χ3v) is 8.12. The summed E-state index contributed by atoms with van der Waals surface area (Å²) in [6.07, 6.45) is 4.13. The molecule has 3 N–H and O–H groups in total. The first-order chi connectivity index (χ1) is 15.7. The third kappa shape index (κ3) is 3.78. The second-order valence-electron chi connectivity index (χ2n) is 9.00. The van der Waals surface area contributed by atoms with Crippen molar-refractivity contribution < 1.29 is 13.2 Å². The summed E-state index contributed by atoms with van der Waals surface area (Å²) in [5, 5.41) is 0. The fraction of sp³-hybridized carbons (Fsp3) is 0.600. The summed E-state index contributed by atoms with van der Waals surface area (Å²) in [5.74, 6) is 1.68. The molecule has 0 spiro atoms. The highest BCUT2D eigenvalue weighted by Crippen LogP contribution is 2.42. The predicted octanol–water partition coefficient (Wildman–Crippen LogP) is -0.358. The van der Waals surface area contributed by atoms with Crippen LogP contribution in [-0.4, -0.2) is 90.7 Å². The van der Waals surface area contributed by atoms with Crippen molar-refractivity contribution in [3.05, 3.63) is 18.0 Å². The minimum Gasteiger partial charge on any atom is -0.377 e. The highest BCUT2D eigenvalue weighted by molar-refractivity contribution is 7.87. The molecule has 0 amide bonds. The minimum atomic E-state index is -3.45. The second kappa shape index (κ2) is 8.01. The molecule has 5 rings (SSSR count). The Labute approximate surface area is 193 Å². The van der Waals surface area contributed by atoms with E-state index in [1.54, 1.807) is 12.4 Å². The van der Waals surface area contributed by atoms with Crippen molar-refractivity contribution in [2.24, 2.45) is 0 Å². The number of fused-ring (bicyclic) bond motifs is 1. The molecule has 0 saturated carbocycles. The molecule has 178 valence electrons. The van der Waals surface area contributed by atoms with Crippen LogP contribution in [0.5, 0.6) is 0 Å². The number of nitrogens with one attached hydrogen (secondary N) is 1. The lowest BCUT2D eigenvalue weighted by molar-refractivity contribution is 0.0981. The molecule has 33 heavy (non-hydrogen) atoms. The van der Waals surface area contributed by atoms with Crippen LogP contribution in [0.1, 0.15) is 19.4 Å². The molecule has 0 aliphatic carbocycles. The molecule has 2 aromatic heterocycles. The lowest BCUT2D eigenvalue weighted by Gasteiger charge is -2.52. The van der Waals surface area contributed by atoms with Crippen molar-refractivity contribution in [2.45, 2.75) is 31.8 Å². The largest absolute Gasteiger partial charge is 0.377 e. The molecule has 3 aliphatic heterocycles. The predicted molar refractivity (Wildman–Crippen MR) is 124 cm³/mol. The van der Waals surface area contributed by atoms with Crippen molar-refractivity contribution in [1.82, 2.24) is 29.0 Å². The zero-order chi connectivity index (χ0) is 23.4. The first kappa shape index (κ1) is 22.2. The Kier molecular flexibility index (Phi) is 5.39. The van der Waals surface area contributed by atoms with Gasteiger partial charge in [-0.1, -0.05) is 0 Å². The second-order valence-corrected chi connectivity index (χ2v) is 10.9. The Morgan fingerprint density at radius 1 is 1.21 bits per heavy atom. The van der Waals surface area contributed by atoms with Crippen LogP contribution in [0.4, 0.5) is 17.7 Å². The average molecular weight is 476 g/mol. The van der Waals surface area contributed by atoms with E-state index in [1.165, 1.54) is 11.4 Å². The van der Waals surface area contributed by atoms with E-state index in [9.17, 15) is 8.42 Å². The van der Waals surface area contributed by atoms with Crippen LogP contribution in [0.2, 0.25) is 0 Å². The number of hydrogen-bond donors (Lipinski definition) is 2. The maximum absolute atomic E-state index is 12.2. The van der Waals surface area contributed by atoms with Crippen LogP contribution in [0.25, 0.3) is 11.3 Å². The third-order valence-electron chi connectivity index (χ3n) is 6.67. The number of anilines is 3. The first-order valence-electron chi connectivity index (χ1n) is 11.0. The van der Waals surface area contributed by atoms with Gasteiger partial charge in [0.1, 0.15) is 5.82 Å². The number of nitrogen functional groups attached to an aromatic ring is 1. The molecule has 0 radical (unpaired) electrons. The van der Waals surface area contributed by atoms with Crippen LogP contribution in [0, 0.1) is 0 Å². The van der Waals surface area contributed by atoms with Crippen molar-refractivity contribution >= 4 is 27.9 Å². The van der Waals surface area contributed by atoms with E-state index in [-0.39, 0.29) is 17.5 Å². The molecule has 2 aromatic rings. The van der Waals surface area contributed by atoms with Crippen molar-refractivity contribution in [2.75, 3.05) is 62.0 Å². The Bertz CT molecular complexity index is 1150. The van der Waals surface area contributed by atoms with E-state index in [1.807, 2.05) is 0 Å². The Morgan fingerprint density at radius 2 is 1.94 bits per heavy atom. The van der Waals surface area contributed by atoms with Gasteiger partial charge < -0.3 is 20.3 Å². The molecular weight excluding hydrogens is 446 g/mol. The standard InChI is InChI=1S/C20H29N9O3S/c1-13-10-32-7-6-28(13)19-25-16(14-8-23-18(21)24-9-14)15-4-5-29(17(15)26-19)20(2)11-27(12-20)33(30,31)22-3/h8-9,13,22H,4-7,10-12H2,1-3H3,(H2,21,23,24)/t13-/m0/s1. The van der Waals surface area contributed by atoms with Gasteiger partial charge in [0, 0.05) is 56.7 Å². The molecule has 2 saturated heterocycles. The van der Waals surface area contributed by atoms with Gasteiger partial charge in [0.2, 0.25) is 11.9 Å². The number of rotatable bonds is 5. The van der Waals surface area contributed by atoms with E-state index in [2.05, 4.69) is 38.3 Å². The Morgan fingerprint density at radius 3 is 2.61 bits per heavy atom. The lowest BCUT2D eigenvalue weighted by atomic mass is 9.93. The van der Waals surface area contributed by atoms with E-state index in [4.69, 9.17) is 20.4 Å². The molecule has 3 aliphatic rings. The molecule has 0 bridgehead atoms. The van der Waals surface area contributed by atoms with E-state index in [0.717, 1.165) is 35.6 Å². The summed E-state index contributed by atoms with van der Waals surface area (Å²) in [6.45, 7) is 7.61. The average Bonchev–Trinajstić information content (AvgIpc) is 3.21. The molecule has 12 nitrogen and oxygen atoms in total. The normalized spacial score (nSPS) is 22.8. The first-order valence-corrected chi connectivity index (χ1v) is 12.5. The highest BCUT2D eigenvalue weighted by Gasteiger charge is 2.50. The van der Waals surface area contributed by atoms with Crippen molar-refractivity contribution in [1.29, 1.82) is 0 Å². The summed E-state index contributed by atoms with van der Waals surface area (Å²) in [5.41, 5.74) is 7.94. The van der Waals surface area contributed by atoms with Gasteiger partial charge in [0.05, 0.1) is 30.5 Å². The summed E-state index contributed by atoms with van der Waals surface area (Å²) in [7, 11) is -2.02. The van der Waals surface area contributed by atoms with Gasteiger partial charge in [-0.15, -0.1) is 0 Å². The number of hydrogen-bond acceptors (Lipinski definition) is 10. The Balaban J connectivity index is 1.56. The molecule has 0 aromatic carbocycles. The topological polar surface area (TPSA) is 143 Å². The number of ether oxygens (including phenoxy) is 1. The van der Waals surface area contributed by atoms with E-state index >= 15 is 0 Å². The van der Waals surface area contributed by atoms with Gasteiger partial charge >= 0.3 is 0 Å². The minimum absolute atomic E-state index is 0.137. The molecule has 2 fully saturated rings. The van der Waals surface area contributed by atoms with Crippen LogP contribution in [0.3, 0.4) is 0 Å². The van der Waals surface area contributed by atoms with Gasteiger partial charge in [-0.3, -0.25) is 0 Å². The summed E-state index contributed by atoms with van der Waals surface area (Å²) < 4.78 is 33.9. The summed E-state index contributed by atoms with van der Waals surface area (Å²) in [4.78, 5) is 22.6. The molecule has 13 heteroatoms. The van der Waals surface area contributed by atoms with Gasteiger partial charge in [0.25, 0.3) is 10.2 Å². The van der Waals surface area contributed by atoms with E-state index in [0.29, 0.717) is 38.8 Å².